The van der Waals surface area contributed by atoms with E-state index in [1.54, 1.807) is 6.92 Å². The van der Waals surface area contributed by atoms with E-state index in [0.717, 1.165) is 18.6 Å². The highest BCUT2D eigenvalue weighted by molar-refractivity contribution is 7.92. The SMILES string of the molecule is Cc1nc(-c2cc(NS(=O)(=O)c3cnc[nH]3)cc(C(F)(F)F)c2)n[nH]1. The van der Waals surface area contributed by atoms with E-state index in [1.165, 1.54) is 6.07 Å². The summed E-state index contributed by atoms with van der Waals surface area (Å²) in [5, 5.41) is 6.04. The highest BCUT2D eigenvalue weighted by atomic mass is 32.2. The second-order valence-corrected chi connectivity index (χ2v) is 6.71. The van der Waals surface area contributed by atoms with Crippen molar-refractivity contribution in [1.82, 2.24) is 25.1 Å². The molecule has 3 rings (SSSR count). The van der Waals surface area contributed by atoms with Crippen molar-refractivity contribution in [2.75, 3.05) is 4.72 Å². The van der Waals surface area contributed by atoms with Gasteiger partial charge in [0.2, 0.25) is 0 Å². The fraction of sp³-hybridized carbons (Fsp3) is 0.154. The van der Waals surface area contributed by atoms with Crippen molar-refractivity contribution in [2.24, 2.45) is 0 Å². The van der Waals surface area contributed by atoms with Crippen LogP contribution in [0.15, 0.2) is 35.7 Å². The summed E-state index contributed by atoms with van der Waals surface area (Å²) in [4.78, 5) is 9.92. The van der Waals surface area contributed by atoms with Gasteiger partial charge in [0.15, 0.2) is 10.9 Å². The smallest absolute Gasteiger partial charge is 0.334 e. The fourth-order valence-electron chi connectivity index (χ4n) is 2.05. The average molecular weight is 372 g/mol. The number of aromatic nitrogens is 5. The van der Waals surface area contributed by atoms with Gasteiger partial charge in [0, 0.05) is 5.56 Å². The Balaban J connectivity index is 2.07. The van der Waals surface area contributed by atoms with Gasteiger partial charge in [-0.25, -0.2) is 9.97 Å². The van der Waals surface area contributed by atoms with E-state index in [-0.39, 0.29) is 22.1 Å². The first-order chi connectivity index (χ1) is 11.6. The van der Waals surface area contributed by atoms with Gasteiger partial charge in [-0.15, -0.1) is 0 Å². The predicted molar refractivity (Wildman–Crippen MR) is 81.0 cm³/mol. The minimum atomic E-state index is -4.67. The Hall–Kier alpha value is -2.89. The lowest BCUT2D eigenvalue weighted by atomic mass is 10.1. The number of hydrogen-bond acceptors (Lipinski definition) is 5. The van der Waals surface area contributed by atoms with Gasteiger partial charge in [0.1, 0.15) is 5.82 Å². The molecule has 8 nitrogen and oxygen atoms in total. The predicted octanol–water partition coefficient (Wildman–Crippen LogP) is 2.32. The molecule has 2 heterocycles. The van der Waals surface area contributed by atoms with Crippen LogP contribution < -0.4 is 4.72 Å². The molecule has 0 amide bonds. The molecule has 1 aromatic carbocycles. The van der Waals surface area contributed by atoms with E-state index in [4.69, 9.17) is 0 Å². The van der Waals surface area contributed by atoms with Crippen LogP contribution in [0.1, 0.15) is 11.4 Å². The molecule has 12 heteroatoms. The molecule has 3 aromatic rings. The zero-order valence-electron chi connectivity index (χ0n) is 12.6. The van der Waals surface area contributed by atoms with E-state index in [2.05, 4.69) is 29.9 Å². The zero-order valence-corrected chi connectivity index (χ0v) is 13.4. The Morgan fingerprint density at radius 3 is 2.52 bits per heavy atom. The van der Waals surface area contributed by atoms with Crippen LogP contribution in [0.4, 0.5) is 18.9 Å². The van der Waals surface area contributed by atoms with Gasteiger partial charge in [0.05, 0.1) is 23.8 Å². The summed E-state index contributed by atoms with van der Waals surface area (Å²) in [6, 6.07) is 2.75. The molecule has 0 unspecified atom stereocenters. The topological polar surface area (TPSA) is 116 Å². The molecule has 0 bridgehead atoms. The maximum atomic E-state index is 13.1. The Kier molecular flexibility index (Phi) is 3.99. The van der Waals surface area contributed by atoms with Gasteiger partial charge >= 0.3 is 6.18 Å². The molecule has 132 valence electrons. The normalized spacial score (nSPS) is 12.3. The molecular weight excluding hydrogens is 361 g/mol. The first kappa shape index (κ1) is 17.0. The van der Waals surface area contributed by atoms with Gasteiger partial charge in [-0.3, -0.25) is 9.82 Å². The number of imidazole rings is 1. The number of alkyl halides is 3. The van der Waals surface area contributed by atoms with E-state index in [0.29, 0.717) is 11.9 Å². The third-order valence-corrected chi connectivity index (χ3v) is 4.44. The van der Waals surface area contributed by atoms with Crippen LogP contribution in [0, 0.1) is 6.92 Å². The Morgan fingerprint density at radius 1 is 1.20 bits per heavy atom. The van der Waals surface area contributed by atoms with Crippen molar-refractivity contribution in [3.8, 4) is 11.4 Å². The summed E-state index contributed by atoms with van der Waals surface area (Å²) >= 11 is 0. The Bertz CT molecular complexity index is 995. The van der Waals surface area contributed by atoms with Crippen LogP contribution in [-0.4, -0.2) is 33.6 Å². The minimum absolute atomic E-state index is 0.0153. The average Bonchev–Trinajstić information content (AvgIpc) is 3.17. The Morgan fingerprint density at radius 2 is 1.96 bits per heavy atom. The van der Waals surface area contributed by atoms with E-state index in [9.17, 15) is 21.6 Å². The number of sulfonamides is 1. The summed E-state index contributed by atoms with van der Waals surface area (Å²) in [5.74, 6) is 0.428. The number of aryl methyl sites for hydroxylation is 1. The quantitative estimate of drug-likeness (QED) is 0.650. The lowest BCUT2D eigenvalue weighted by Crippen LogP contribution is -2.14. The number of H-pyrrole nitrogens is 2. The van der Waals surface area contributed by atoms with Gasteiger partial charge in [-0.2, -0.15) is 26.7 Å². The fourth-order valence-corrected chi connectivity index (χ4v) is 3.00. The molecule has 0 spiro atoms. The monoisotopic (exact) mass is 372 g/mol. The van der Waals surface area contributed by atoms with Gasteiger partial charge in [-0.05, 0) is 25.1 Å². The number of benzene rings is 1. The number of nitrogens with zero attached hydrogens (tertiary/aromatic N) is 3. The number of anilines is 1. The second-order valence-electron chi connectivity index (χ2n) is 5.06. The van der Waals surface area contributed by atoms with Gasteiger partial charge in [0.25, 0.3) is 10.0 Å². The number of rotatable bonds is 4. The maximum absolute atomic E-state index is 13.1. The molecule has 0 radical (unpaired) electrons. The van der Waals surface area contributed by atoms with Gasteiger partial charge < -0.3 is 4.98 Å². The third-order valence-electron chi connectivity index (χ3n) is 3.13. The van der Waals surface area contributed by atoms with Crippen LogP contribution in [0.25, 0.3) is 11.4 Å². The molecule has 0 atom stereocenters. The molecule has 0 saturated heterocycles. The van der Waals surface area contributed by atoms with E-state index < -0.39 is 21.8 Å². The number of nitrogens with one attached hydrogen (secondary N) is 3. The minimum Gasteiger partial charge on any atom is -0.334 e. The molecule has 3 N–H and O–H groups in total. The lowest BCUT2D eigenvalue weighted by Gasteiger charge is -2.12. The van der Waals surface area contributed by atoms with Crippen molar-refractivity contribution < 1.29 is 21.6 Å². The summed E-state index contributed by atoms with van der Waals surface area (Å²) in [5.41, 5.74) is -1.29. The lowest BCUT2D eigenvalue weighted by molar-refractivity contribution is -0.137. The molecule has 25 heavy (non-hydrogen) atoms. The van der Waals surface area contributed by atoms with E-state index in [1.807, 2.05) is 0 Å². The zero-order chi connectivity index (χ0) is 18.2. The summed E-state index contributed by atoms with van der Waals surface area (Å²) in [6.45, 7) is 1.59. The first-order valence-electron chi connectivity index (χ1n) is 6.78. The van der Waals surface area contributed by atoms with Crippen LogP contribution in [0.2, 0.25) is 0 Å². The molecule has 2 aromatic heterocycles. The number of aromatic amines is 2. The molecule has 0 fully saturated rings. The van der Waals surface area contributed by atoms with Crippen LogP contribution in [-0.2, 0) is 16.2 Å². The maximum Gasteiger partial charge on any atom is 0.416 e. The molecule has 0 aliphatic rings. The second kappa shape index (κ2) is 5.88. The molecule has 0 aliphatic carbocycles. The molecule has 0 aliphatic heterocycles. The van der Waals surface area contributed by atoms with Crippen LogP contribution in [0.5, 0.6) is 0 Å². The largest absolute Gasteiger partial charge is 0.416 e. The third kappa shape index (κ3) is 3.63. The number of halogens is 3. The summed E-state index contributed by atoms with van der Waals surface area (Å²) < 4.78 is 65.8. The molecular formula is C13H11F3N6O2S. The van der Waals surface area contributed by atoms with Crippen molar-refractivity contribution in [3.05, 3.63) is 42.1 Å². The highest BCUT2D eigenvalue weighted by Crippen LogP contribution is 2.34. The van der Waals surface area contributed by atoms with Crippen LogP contribution in [0.3, 0.4) is 0 Å². The first-order valence-corrected chi connectivity index (χ1v) is 8.26. The number of hydrogen-bond donors (Lipinski definition) is 3. The Labute approximate surface area is 139 Å². The van der Waals surface area contributed by atoms with Crippen molar-refractivity contribution in [3.63, 3.8) is 0 Å². The standard InChI is InChI=1S/C13H11F3N6O2S/c1-7-19-12(21-20-7)8-2-9(13(14,15)16)4-10(3-8)22-25(23,24)11-5-17-6-18-11/h2-6,22H,1H3,(H,17,18)(H,19,20,21). The van der Waals surface area contributed by atoms with Crippen molar-refractivity contribution in [2.45, 2.75) is 18.1 Å². The van der Waals surface area contributed by atoms with Crippen molar-refractivity contribution in [1.29, 1.82) is 0 Å². The van der Waals surface area contributed by atoms with Crippen molar-refractivity contribution >= 4 is 15.7 Å². The summed E-state index contributed by atoms with van der Waals surface area (Å²) in [7, 11) is -4.11. The van der Waals surface area contributed by atoms with Crippen LogP contribution >= 0.6 is 0 Å². The van der Waals surface area contributed by atoms with Gasteiger partial charge in [-0.1, -0.05) is 0 Å². The molecule has 0 saturated carbocycles. The van der Waals surface area contributed by atoms with E-state index >= 15 is 0 Å². The highest BCUT2D eigenvalue weighted by Gasteiger charge is 2.32. The summed E-state index contributed by atoms with van der Waals surface area (Å²) in [6.07, 6.45) is -2.49.